The third kappa shape index (κ3) is 3.83. The molecular formula is C19H20N4O3. The summed E-state index contributed by atoms with van der Waals surface area (Å²) in [6.07, 6.45) is 3.91. The Morgan fingerprint density at radius 3 is 2.58 bits per heavy atom. The summed E-state index contributed by atoms with van der Waals surface area (Å²) in [5.74, 6) is 0.000821. The van der Waals surface area contributed by atoms with Gasteiger partial charge in [-0.05, 0) is 36.2 Å². The molecule has 0 aliphatic rings. The maximum Gasteiger partial charge on any atom is 0.272 e. The molecule has 3 rings (SSSR count). The van der Waals surface area contributed by atoms with Gasteiger partial charge in [0.15, 0.2) is 0 Å². The van der Waals surface area contributed by atoms with Crippen molar-refractivity contribution in [2.75, 3.05) is 5.32 Å². The van der Waals surface area contributed by atoms with Gasteiger partial charge < -0.3 is 15.1 Å². The van der Waals surface area contributed by atoms with Crippen LogP contribution in [0.1, 0.15) is 39.1 Å². The number of amides is 2. The van der Waals surface area contributed by atoms with E-state index in [0.29, 0.717) is 17.0 Å². The average Bonchev–Trinajstić information content (AvgIpc) is 3.30. The molecule has 2 N–H and O–H groups in total. The third-order valence-corrected chi connectivity index (χ3v) is 4.03. The molecule has 0 saturated carbocycles. The van der Waals surface area contributed by atoms with Crippen molar-refractivity contribution in [2.24, 2.45) is 7.05 Å². The van der Waals surface area contributed by atoms with Gasteiger partial charge in [-0.2, -0.15) is 5.10 Å². The minimum atomic E-state index is -0.349. The number of nitrogens with zero attached hydrogens (tertiary/aromatic N) is 2. The van der Waals surface area contributed by atoms with E-state index in [4.69, 9.17) is 4.42 Å². The molecule has 7 heteroatoms. The van der Waals surface area contributed by atoms with Gasteiger partial charge in [-0.15, -0.1) is 0 Å². The van der Waals surface area contributed by atoms with Crippen LogP contribution < -0.4 is 10.6 Å². The van der Waals surface area contributed by atoms with E-state index in [-0.39, 0.29) is 24.1 Å². The standard InChI is InChI=1S/C19H20N4O3/c1-3-13-6-8-14(9-7-13)18(24)22-16-12-21-23(2)17(16)19(25)20-11-15-5-4-10-26-15/h4-10,12H,3,11H2,1-2H3,(H,20,25)(H,22,24). The first-order chi connectivity index (χ1) is 12.6. The van der Waals surface area contributed by atoms with Crippen molar-refractivity contribution in [1.29, 1.82) is 0 Å². The van der Waals surface area contributed by atoms with Crippen LogP contribution in [0.4, 0.5) is 5.69 Å². The molecule has 0 spiro atoms. The SMILES string of the molecule is CCc1ccc(C(=O)Nc2cnn(C)c2C(=O)NCc2ccco2)cc1. The van der Waals surface area contributed by atoms with Crippen molar-refractivity contribution in [1.82, 2.24) is 15.1 Å². The van der Waals surface area contributed by atoms with Gasteiger partial charge in [0.25, 0.3) is 11.8 Å². The van der Waals surface area contributed by atoms with E-state index in [2.05, 4.69) is 22.7 Å². The zero-order valence-corrected chi connectivity index (χ0v) is 14.7. The summed E-state index contributed by atoms with van der Waals surface area (Å²) in [4.78, 5) is 24.9. The first-order valence-corrected chi connectivity index (χ1v) is 8.31. The fraction of sp³-hybridized carbons (Fsp3) is 0.211. The molecule has 0 aliphatic heterocycles. The number of benzene rings is 1. The Kier molecular flexibility index (Phi) is 5.17. The van der Waals surface area contributed by atoms with Gasteiger partial charge >= 0.3 is 0 Å². The molecule has 2 amide bonds. The first kappa shape index (κ1) is 17.5. The van der Waals surface area contributed by atoms with E-state index in [1.54, 1.807) is 37.6 Å². The molecule has 134 valence electrons. The van der Waals surface area contributed by atoms with Gasteiger partial charge in [0.1, 0.15) is 11.5 Å². The fourth-order valence-corrected chi connectivity index (χ4v) is 2.55. The van der Waals surface area contributed by atoms with E-state index >= 15 is 0 Å². The summed E-state index contributed by atoms with van der Waals surface area (Å²) in [5, 5.41) is 9.58. The van der Waals surface area contributed by atoms with Gasteiger partial charge in [-0.1, -0.05) is 19.1 Å². The van der Waals surface area contributed by atoms with E-state index in [9.17, 15) is 9.59 Å². The lowest BCUT2D eigenvalue weighted by Crippen LogP contribution is -2.26. The summed E-state index contributed by atoms with van der Waals surface area (Å²) in [6, 6.07) is 10.9. The second-order valence-corrected chi connectivity index (χ2v) is 5.80. The van der Waals surface area contributed by atoms with Gasteiger partial charge in [-0.3, -0.25) is 14.3 Å². The van der Waals surface area contributed by atoms with Crippen LogP contribution in [0.2, 0.25) is 0 Å². The molecule has 0 radical (unpaired) electrons. The number of aryl methyl sites for hydroxylation is 2. The highest BCUT2D eigenvalue weighted by molar-refractivity contribution is 6.08. The molecule has 1 aromatic carbocycles. The van der Waals surface area contributed by atoms with E-state index in [1.165, 1.54) is 10.9 Å². The first-order valence-electron chi connectivity index (χ1n) is 8.31. The molecule has 0 fully saturated rings. The number of nitrogens with one attached hydrogen (secondary N) is 2. The summed E-state index contributed by atoms with van der Waals surface area (Å²) in [7, 11) is 1.65. The maximum absolute atomic E-state index is 12.5. The van der Waals surface area contributed by atoms with Crippen LogP contribution in [0, 0.1) is 0 Å². The van der Waals surface area contributed by atoms with Gasteiger partial charge in [0.2, 0.25) is 0 Å². The highest BCUT2D eigenvalue weighted by Crippen LogP contribution is 2.16. The third-order valence-electron chi connectivity index (χ3n) is 4.03. The lowest BCUT2D eigenvalue weighted by molar-refractivity contribution is 0.0939. The van der Waals surface area contributed by atoms with Crippen LogP contribution in [-0.4, -0.2) is 21.6 Å². The number of hydrogen-bond acceptors (Lipinski definition) is 4. The van der Waals surface area contributed by atoms with Crippen molar-refractivity contribution in [3.05, 3.63) is 71.4 Å². The van der Waals surface area contributed by atoms with E-state index in [1.807, 2.05) is 12.1 Å². The number of carbonyl (C=O) groups is 2. The molecule has 2 heterocycles. The number of carbonyl (C=O) groups excluding carboxylic acids is 2. The normalized spacial score (nSPS) is 10.5. The Morgan fingerprint density at radius 2 is 1.92 bits per heavy atom. The lowest BCUT2D eigenvalue weighted by Gasteiger charge is -2.08. The Hall–Kier alpha value is -3.35. The summed E-state index contributed by atoms with van der Waals surface area (Å²) >= 11 is 0. The second-order valence-electron chi connectivity index (χ2n) is 5.80. The molecule has 0 bridgehead atoms. The van der Waals surface area contributed by atoms with Crippen molar-refractivity contribution in [3.63, 3.8) is 0 Å². The minimum Gasteiger partial charge on any atom is -0.467 e. The van der Waals surface area contributed by atoms with Crippen molar-refractivity contribution in [3.8, 4) is 0 Å². The molecule has 26 heavy (non-hydrogen) atoms. The fourth-order valence-electron chi connectivity index (χ4n) is 2.55. The van der Waals surface area contributed by atoms with Crippen LogP contribution in [-0.2, 0) is 20.0 Å². The van der Waals surface area contributed by atoms with Crippen LogP contribution >= 0.6 is 0 Å². The molecule has 7 nitrogen and oxygen atoms in total. The Balaban J connectivity index is 1.72. The van der Waals surface area contributed by atoms with Gasteiger partial charge in [0, 0.05) is 12.6 Å². The maximum atomic E-state index is 12.5. The number of hydrogen-bond donors (Lipinski definition) is 2. The van der Waals surface area contributed by atoms with Crippen LogP contribution in [0.15, 0.2) is 53.3 Å². The largest absolute Gasteiger partial charge is 0.467 e. The van der Waals surface area contributed by atoms with Crippen molar-refractivity contribution in [2.45, 2.75) is 19.9 Å². The minimum absolute atomic E-state index is 0.253. The number of aromatic nitrogens is 2. The Morgan fingerprint density at radius 1 is 1.15 bits per heavy atom. The quantitative estimate of drug-likeness (QED) is 0.714. The predicted molar refractivity (Wildman–Crippen MR) is 96.9 cm³/mol. The molecule has 3 aromatic rings. The summed E-state index contributed by atoms with van der Waals surface area (Å²) in [5.41, 5.74) is 2.30. The van der Waals surface area contributed by atoms with Crippen molar-refractivity contribution < 1.29 is 14.0 Å². The predicted octanol–water partition coefficient (Wildman–Crippen LogP) is 2.76. The van der Waals surface area contributed by atoms with Crippen molar-refractivity contribution >= 4 is 17.5 Å². The summed E-state index contributed by atoms with van der Waals surface area (Å²) < 4.78 is 6.62. The Labute approximate surface area is 151 Å². The van der Waals surface area contributed by atoms with E-state index in [0.717, 1.165) is 12.0 Å². The average molecular weight is 352 g/mol. The molecule has 0 unspecified atom stereocenters. The smallest absolute Gasteiger partial charge is 0.272 e. The van der Waals surface area contributed by atoms with E-state index < -0.39 is 0 Å². The Bertz CT molecular complexity index is 896. The highest BCUT2D eigenvalue weighted by atomic mass is 16.3. The zero-order valence-electron chi connectivity index (χ0n) is 14.7. The topological polar surface area (TPSA) is 89.2 Å². The molecule has 2 aromatic heterocycles. The second kappa shape index (κ2) is 7.69. The van der Waals surface area contributed by atoms with Crippen LogP contribution in [0.5, 0.6) is 0 Å². The number of furan rings is 1. The summed E-state index contributed by atoms with van der Waals surface area (Å²) in [6.45, 7) is 2.31. The zero-order chi connectivity index (χ0) is 18.5. The molecule has 0 atom stereocenters. The van der Waals surface area contributed by atoms with Gasteiger partial charge in [-0.25, -0.2) is 0 Å². The lowest BCUT2D eigenvalue weighted by atomic mass is 10.1. The monoisotopic (exact) mass is 352 g/mol. The van der Waals surface area contributed by atoms with Crippen LogP contribution in [0.3, 0.4) is 0 Å². The number of anilines is 1. The molecule has 0 saturated heterocycles. The molecular weight excluding hydrogens is 332 g/mol. The molecule has 0 aliphatic carbocycles. The number of rotatable bonds is 6. The van der Waals surface area contributed by atoms with Gasteiger partial charge in [0.05, 0.1) is 24.7 Å². The van der Waals surface area contributed by atoms with Crippen LogP contribution in [0.25, 0.3) is 0 Å². The highest BCUT2D eigenvalue weighted by Gasteiger charge is 2.19.